The number of hydrogen-bond donors (Lipinski definition) is 1. The molecule has 0 aliphatic heterocycles. The molecule has 1 atom stereocenters. The van der Waals surface area contributed by atoms with E-state index in [9.17, 15) is 0 Å². The van der Waals surface area contributed by atoms with Crippen LogP contribution in [0.15, 0.2) is 42.6 Å². The Morgan fingerprint density at radius 3 is 2.10 bits per heavy atom. The molecule has 3 heteroatoms. The first-order valence-electron chi connectivity index (χ1n) is 6.96. The van der Waals surface area contributed by atoms with Gasteiger partial charge in [0.2, 0.25) is 5.88 Å². The number of aromatic nitrogens is 1. The van der Waals surface area contributed by atoms with Crippen LogP contribution in [0.5, 0.6) is 5.88 Å². The van der Waals surface area contributed by atoms with Crippen LogP contribution in [0.25, 0.3) is 0 Å². The Balaban J connectivity index is 2.04. The molecule has 1 aromatic carbocycles. The Bertz CT molecular complexity index is 532. The van der Waals surface area contributed by atoms with Gasteiger partial charge in [0.25, 0.3) is 0 Å². The van der Waals surface area contributed by atoms with Gasteiger partial charge in [0, 0.05) is 12.1 Å². The highest BCUT2D eigenvalue weighted by Gasteiger charge is 2.06. The Morgan fingerprint density at radius 2 is 1.60 bits per heavy atom. The summed E-state index contributed by atoms with van der Waals surface area (Å²) in [6.45, 7) is 6.56. The van der Waals surface area contributed by atoms with Gasteiger partial charge in [-0.2, -0.15) is 0 Å². The van der Waals surface area contributed by atoms with Crippen LogP contribution >= 0.6 is 0 Å². The van der Waals surface area contributed by atoms with Crippen molar-refractivity contribution < 1.29 is 4.74 Å². The summed E-state index contributed by atoms with van der Waals surface area (Å²) in [6, 6.07) is 12.8. The Kier molecular flexibility index (Phi) is 4.61. The summed E-state index contributed by atoms with van der Waals surface area (Å²) in [5, 5.41) is 3.44. The predicted molar refractivity (Wildman–Crippen MR) is 83.4 cm³/mol. The molecule has 0 fully saturated rings. The minimum Gasteiger partial charge on any atom is -0.481 e. The maximum Gasteiger partial charge on any atom is 0.213 e. The fourth-order valence-corrected chi connectivity index (χ4v) is 2.09. The Labute approximate surface area is 121 Å². The van der Waals surface area contributed by atoms with Crippen LogP contribution < -0.4 is 10.1 Å². The van der Waals surface area contributed by atoms with Crippen LogP contribution in [-0.4, -0.2) is 12.1 Å². The van der Waals surface area contributed by atoms with Gasteiger partial charge >= 0.3 is 0 Å². The van der Waals surface area contributed by atoms with Crippen molar-refractivity contribution in [3.05, 3.63) is 53.7 Å². The average Bonchev–Trinajstić information content (AvgIpc) is 2.48. The molecular formula is C17H22N2O. The Hall–Kier alpha value is -2.03. The lowest BCUT2D eigenvalue weighted by Crippen LogP contribution is -2.07. The van der Waals surface area contributed by atoms with Gasteiger partial charge in [-0.05, 0) is 30.0 Å². The lowest BCUT2D eigenvalue weighted by molar-refractivity contribution is 0.398. The van der Waals surface area contributed by atoms with Crippen LogP contribution in [0.2, 0.25) is 0 Å². The summed E-state index contributed by atoms with van der Waals surface area (Å²) in [4.78, 5) is 4.20. The first kappa shape index (κ1) is 14.4. The minimum absolute atomic E-state index is 0.242. The maximum atomic E-state index is 5.06. The summed E-state index contributed by atoms with van der Waals surface area (Å²) < 4.78 is 5.06. The van der Waals surface area contributed by atoms with Crippen molar-refractivity contribution >= 4 is 5.69 Å². The van der Waals surface area contributed by atoms with Crippen molar-refractivity contribution in [1.29, 1.82) is 0 Å². The zero-order valence-corrected chi connectivity index (χ0v) is 12.6. The van der Waals surface area contributed by atoms with E-state index < -0.39 is 0 Å². The molecule has 20 heavy (non-hydrogen) atoms. The van der Waals surface area contributed by atoms with Crippen LogP contribution in [0.4, 0.5) is 5.69 Å². The maximum absolute atomic E-state index is 5.06. The molecule has 106 valence electrons. The SMILES string of the molecule is COc1ccc(NC(C)c2ccc(C(C)C)cc2)cn1. The fraction of sp³-hybridized carbons (Fsp3) is 0.353. The quantitative estimate of drug-likeness (QED) is 0.875. The molecule has 0 radical (unpaired) electrons. The van der Waals surface area contributed by atoms with E-state index in [1.165, 1.54) is 11.1 Å². The standard InChI is InChI=1S/C17H22N2O/c1-12(2)14-5-7-15(8-6-14)13(3)19-16-9-10-17(20-4)18-11-16/h5-13,19H,1-4H3. The highest BCUT2D eigenvalue weighted by Crippen LogP contribution is 2.22. The molecule has 2 aromatic rings. The van der Waals surface area contributed by atoms with E-state index in [0.29, 0.717) is 11.8 Å². The van der Waals surface area contributed by atoms with Crippen LogP contribution in [0.3, 0.4) is 0 Å². The third-order valence-corrected chi connectivity index (χ3v) is 3.43. The Morgan fingerprint density at radius 1 is 0.950 bits per heavy atom. The number of rotatable bonds is 5. The van der Waals surface area contributed by atoms with Crippen molar-refractivity contribution in [3.8, 4) is 5.88 Å². The molecule has 1 unspecified atom stereocenters. The van der Waals surface area contributed by atoms with Gasteiger partial charge in [0.15, 0.2) is 0 Å². The molecule has 1 N–H and O–H groups in total. The highest BCUT2D eigenvalue weighted by atomic mass is 16.5. The molecule has 2 rings (SSSR count). The average molecular weight is 270 g/mol. The first-order valence-corrected chi connectivity index (χ1v) is 6.96. The summed E-state index contributed by atoms with van der Waals surface area (Å²) in [7, 11) is 1.62. The van der Waals surface area contributed by atoms with Crippen molar-refractivity contribution in [2.75, 3.05) is 12.4 Å². The molecule has 1 aromatic heterocycles. The van der Waals surface area contributed by atoms with Gasteiger partial charge in [0.05, 0.1) is 19.0 Å². The van der Waals surface area contributed by atoms with E-state index in [-0.39, 0.29) is 6.04 Å². The number of methoxy groups -OCH3 is 1. The second kappa shape index (κ2) is 6.42. The monoisotopic (exact) mass is 270 g/mol. The number of benzene rings is 1. The van der Waals surface area contributed by atoms with Crippen molar-refractivity contribution in [2.45, 2.75) is 32.7 Å². The third kappa shape index (κ3) is 3.50. The van der Waals surface area contributed by atoms with Crippen LogP contribution in [0.1, 0.15) is 43.9 Å². The predicted octanol–water partition coefficient (Wildman–Crippen LogP) is 4.39. The van der Waals surface area contributed by atoms with Gasteiger partial charge in [0.1, 0.15) is 0 Å². The molecule has 0 saturated heterocycles. The lowest BCUT2D eigenvalue weighted by Gasteiger charge is -2.16. The molecule has 0 aliphatic rings. The second-order valence-electron chi connectivity index (χ2n) is 5.28. The van der Waals surface area contributed by atoms with Crippen LogP contribution in [-0.2, 0) is 0 Å². The van der Waals surface area contributed by atoms with E-state index in [0.717, 1.165) is 5.69 Å². The fourth-order valence-electron chi connectivity index (χ4n) is 2.09. The van der Waals surface area contributed by atoms with Crippen LogP contribution in [0, 0.1) is 0 Å². The molecule has 3 nitrogen and oxygen atoms in total. The van der Waals surface area contributed by atoms with Crippen molar-refractivity contribution in [1.82, 2.24) is 4.98 Å². The molecule has 0 aliphatic carbocycles. The zero-order valence-electron chi connectivity index (χ0n) is 12.6. The number of hydrogen-bond acceptors (Lipinski definition) is 3. The van der Waals surface area contributed by atoms with Crippen molar-refractivity contribution in [2.24, 2.45) is 0 Å². The molecule has 0 bridgehead atoms. The molecule has 1 heterocycles. The lowest BCUT2D eigenvalue weighted by atomic mass is 9.99. The van der Waals surface area contributed by atoms with E-state index in [4.69, 9.17) is 4.74 Å². The van der Waals surface area contributed by atoms with Crippen molar-refractivity contribution in [3.63, 3.8) is 0 Å². The smallest absolute Gasteiger partial charge is 0.213 e. The molecule has 0 saturated carbocycles. The summed E-state index contributed by atoms with van der Waals surface area (Å²) in [6.07, 6.45) is 1.79. The largest absolute Gasteiger partial charge is 0.481 e. The number of nitrogens with zero attached hydrogens (tertiary/aromatic N) is 1. The molecular weight excluding hydrogens is 248 g/mol. The molecule has 0 amide bonds. The summed E-state index contributed by atoms with van der Waals surface area (Å²) in [5.41, 5.74) is 3.63. The zero-order chi connectivity index (χ0) is 14.5. The summed E-state index contributed by atoms with van der Waals surface area (Å²) in [5.74, 6) is 1.20. The normalized spacial score (nSPS) is 12.2. The van der Waals surface area contributed by atoms with Gasteiger partial charge < -0.3 is 10.1 Å². The highest BCUT2D eigenvalue weighted by molar-refractivity contribution is 5.44. The number of pyridine rings is 1. The first-order chi connectivity index (χ1) is 9.60. The van der Waals surface area contributed by atoms with Gasteiger partial charge in [-0.1, -0.05) is 38.1 Å². The number of ether oxygens (including phenoxy) is 1. The number of nitrogens with one attached hydrogen (secondary N) is 1. The van der Waals surface area contributed by atoms with E-state index in [2.05, 4.69) is 55.3 Å². The topological polar surface area (TPSA) is 34.1 Å². The van der Waals surface area contributed by atoms with E-state index >= 15 is 0 Å². The third-order valence-electron chi connectivity index (χ3n) is 3.43. The number of anilines is 1. The second-order valence-corrected chi connectivity index (χ2v) is 5.28. The minimum atomic E-state index is 0.242. The van der Waals surface area contributed by atoms with E-state index in [1.807, 2.05) is 12.1 Å². The molecule has 0 spiro atoms. The van der Waals surface area contributed by atoms with Gasteiger partial charge in [-0.25, -0.2) is 4.98 Å². The van der Waals surface area contributed by atoms with Gasteiger partial charge in [-0.3, -0.25) is 0 Å². The summed E-state index contributed by atoms with van der Waals surface area (Å²) >= 11 is 0. The van der Waals surface area contributed by atoms with Gasteiger partial charge in [-0.15, -0.1) is 0 Å². The van der Waals surface area contributed by atoms with E-state index in [1.54, 1.807) is 13.3 Å².